The third kappa shape index (κ3) is 5.46. The van der Waals surface area contributed by atoms with Crippen molar-refractivity contribution in [1.29, 1.82) is 0 Å². The number of allylic oxidation sites excluding steroid dienone is 1. The molecule has 8 atom stereocenters. The topological polar surface area (TPSA) is 62.7 Å². The number of carbonyl (C=O) groups is 1. The number of piperidine rings is 1. The summed E-state index contributed by atoms with van der Waals surface area (Å²) in [4.78, 5) is 19.3. The largest absolute Gasteiger partial charge is 0.490 e. The number of hydrogen-bond donors (Lipinski definition) is 1. The number of ether oxygens (including phenoxy) is 1. The first-order valence-electron chi connectivity index (χ1n) is 16.0. The number of hydrogen-bond acceptors (Lipinski definition) is 4. The molecule has 3 saturated carbocycles. The summed E-state index contributed by atoms with van der Waals surface area (Å²) in [7, 11) is 0. The SMILES string of the molecule is C[C@H](CCC(=O)N1CCC(Oc2ccncc2)CC1)[C@H]1CC[C@H]2[C@@H]3CC=C4C[C@@H](O)CC[C@]4(C)[C@H]3CC[C@]12C.Cl. The van der Waals surface area contributed by atoms with E-state index in [1.54, 1.807) is 18.0 Å². The normalized spacial score (nSPS) is 38.2. The predicted molar refractivity (Wildman–Crippen MR) is 161 cm³/mol. The van der Waals surface area contributed by atoms with Crippen molar-refractivity contribution in [3.63, 3.8) is 0 Å². The summed E-state index contributed by atoms with van der Waals surface area (Å²) < 4.78 is 6.10. The van der Waals surface area contributed by atoms with Crippen molar-refractivity contribution in [3.05, 3.63) is 36.2 Å². The second-order valence-electron chi connectivity index (χ2n) is 14.3. The molecule has 1 aromatic heterocycles. The molecule has 0 radical (unpaired) electrons. The number of halogens is 1. The summed E-state index contributed by atoms with van der Waals surface area (Å²) in [5.74, 6) is 4.97. The maximum absolute atomic E-state index is 13.2. The van der Waals surface area contributed by atoms with Gasteiger partial charge >= 0.3 is 0 Å². The van der Waals surface area contributed by atoms with E-state index in [2.05, 4.69) is 36.7 Å². The summed E-state index contributed by atoms with van der Waals surface area (Å²) in [6.07, 6.45) is 19.3. The maximum atomic E-state index is 13.2. The minimum atomic E-state index is -0.124. The number of aliphatic hydroxyl groups is 1. The molecule has 0 bridgehead atoms. The fraction of sp³-hybridized carbons (Fsp3) is 0.765. The Kier molecular flexibility index (Phi) is 8.93. The molecule has 6 heteroatoms. The second-order valence-corrected chi connectivity index (χ2v) is 14.3. The van der Waals surface area contributed by atoms with Gasteiger partial charge < -0.3 is 14.7 Å². The van der Waals surface area contributed by atoms with Crippen LogP contribution in [-0.2, 0) is 4.79 Å². The third-order valence-corrected chi connectivity index (χ3v) is 12.4. The summed E-state index contributed by atoms with van der Waals surface area (Å²) in [5, 5.41) is 10.3. The van der Waals surface area contributed by atoms with Crippen molar-refractivity contribution < 1.29 is 14.6 Å². The lowest BCUT2D eigenvalue weighted by atomic mass is 9.47. The summed E-state index contributed by atoms with van der Waals surface area (Å²) in [6, 6.07) is 3.81. The molecule has 2 heterocycles. The minimum absolute atomic E-state index is 0. The van der Waals surface area contributed by atoms with E-state index in [0.29, 0.717) is 29.1 Å². The number of carbonyl (C=O) groups excluding carboxylic acids is 1. The van der Waals surface area contributed by atoms with Crippen LogP contribution in [0.1, 0.15) is 97.8 Å². The van der Waals surface area contributed by atoms with Crippen LogP contribution in [0.4, 0.5) is 0 Å². The van der Waals surface area contributed by atoms with Crippen molar-refractivity contribution in [3.8, 4) is 5.75 Å². The van der Waals surface area contributed by atoms with Crippen LogP contribution in [0.2, 0.25) is 0 Å². The predicted octanol–water partition coefficient (Wildman–Crippen LogP) is 7.23. The molecule has 1 aliphatic heterocycles. The average molecular weight is 571 g/mol. The molecular weight excluding hydrogens is 520 g/mol. The standard InChI is InChI=1S/C34H50N2O3.ClH/c1-23(4-9-32(38)36-20-14-27(15-21-36)39-26-12-18-35-19-13-26)29-7-8-30-28-6-5-24-22-25(37)10-16-33(24,2)31(28)11-17-34(29,30)3;/h5,12-13,18-19,23,25,27-31,37H,4,6-11,14-17,20-22H2,1-3H3;1H/t23-,25+,28+,29-,30+,31+,33+,34-;/m1./s1. The van der Waals surface area contributed by atoms with Crippen molar-refractivity contribution in [2.45, 2.75) is 110 Å². The minimum Gasteiger partial charge on any atom is -0.490 e. The highest BCUT2D eigenvalue weighted by atomic mass is 35.5. The van der Waals surface area contributed by atoms with Gasteiger partial charge in [-0.25, -0.2) is 0 Å². The summed E-state index contributed by atoms with van der Waals surface area (Å²) >= 11 is 0. The number of nitrogens with zero attached hydrogens (tertiary/aromatic N) is 2. The number of pyridine rings is 1. The lowest BCUT2D eigenvalue weighted by Crippen LogP contribution is -2.50. The fourth-order valence-electron chi connectivity index (χ4n) is 10.2. The quantitative estimate of drug-likeness (QED) is 0.366. The molecule has 1 amide bonds. The van der Waals surface area contributed by atoms with Crippen LogP contribution in [0.25, 0.3) is 0 Å². The zero-order chi connectivity index (χ0) is 27.2. The van der Waals surface area contributed by atoms with Crippen molar-refractivity contribution >= 4 is 18.3 Å². The molecule has 40 heavy (non-hydrogen) atoms. The van der Waals surface area contributed by atoms with Crippen LogP contribution in [0.5, 0.6) is 5.75 Å². The highest BCUT2D eigenvalue weighted by Crippen LogP contribution is 2.67. The first-order chi connectivity index (χ1) is 18.8. The molecule has 4 fully saturated rings. The van der Waals surface area contributed by atoms with Gasteiger partial charge in [-0.3, -0.25) is 9.78 Å². The van der Waals surface area contributed by atoms with E-state index in [1.165, 1.54) is 38.5 Å². The fourth-order valence-corrected chi connectivity index (χ4v) is 10.2. The molecule has 0 unspecified atom stereocenters. The van der Waals surface area contributed by atoms with Crippen LogP contribution < -0.4 is 4.74 Å². The first-order valence-corrected chi connectivity index (χ1v) is 16.0. The van der Waals surface area contributed by atoms with E-state index in [9.17, 15) is 9.90 Å². The Balaban J connectivity index is 0.00000323. The summed E-state index contributed by atoms with van der Waals surface area (Å²) in [6.45, 7) is 9.19. The molecule has 0 aromatic carbocycles. The average Bonchev–Trinajstić information content (AvgIpc) is 3.30. The zero-order valence-electron chi connectivity index (χ0n) is 24.9. The summed E-state index contributed by atoms with van der Waals surface area (Å²) in [5.41, 5.74) is 2.30. The van der Waals surface area contributed by atoms with Gasteiger partial charge in [0, 0.05) is 44.7 Å². The van der Waals surface area contributed by atoms with E-state index < -0.39 is 0 Å². The van der Waals surface area contributed by atoms with Gasteiger partial charge in [-0.15, -0.1) is 12.4 Å². The number of aromatic nitrogens is 1. The van der Waals surface area contributed by atoms with E-state index in [4.69, 9.17) is 4.74 Å². The molecule has 5 aliphatic rings. The first kappa shape index (κ1) is 29.9. The van der Waals surface area contributed by atoms with Crippen LogP contribution in [0.3, 0.4) is 0 Å². The number of aliphatic hydroxyl groups excluding tert-OH is 1. The Hall–Kier alpha value is -1.59. The van der Waals surface area contributed by atoms with Gasteiger partial charge in [0.05, 0.1) is 6.10 Å². The van der Waals surface area contributed by atoms with Crippen LogP contribution >= 0.6 is 12.4 Å². The van der Waals surface area contributed by atoms with Crippen molar-refractivity contribution in [1.82, 2.24) is 9.88 Å². The van der Waals surface area contributed by atoms with Gasteiger partial charge in [-0.2, -0.15) is 0 Å². The van der Waals surface area contributed by atoms with Crippen LogP contribution in [-0.4, -0.2) is 46.2 Å². The third-order valence-electron chi connectivity index (χ3n) is 12.4. The molecule has 1 N–H and O–H groups in total. The van der Waals surface area contributed by atoms with Crippen LogP contribution in [0, 0.1) is 40.4 Å². The maximum Gasteiger partial charge on any atom is 0.222 e. The molecule has 4 aliphatic carbocycles. The molecule has 222 valence electrons. The molecule has 5 nitrogen and oxygen atoms in total. The number of fused-ring (bicyclic) bond motifs is 5. The molecule has 0 spiro atoms. The van der Waals surface area contributed by atoms with Gasteiger partial charge in [-0.05, 0) is 110 Å². The van der Waals surface area contributed by atoms with E-state index in [-0.39, 0.29) is 24.6 Å². The van der Waals surface area contributed by atoms with Gasteiger partial charge in [-0.1, -0.05) is 32.4 Å². The van der Waals surface area contributed by atoms with Gasteiger partial charge in [0.25, 0.3) is 0 Å². The number of likely N-dealkylation sites (tertiary alicyclic amines) is 1. The Morgan fingerprint density at radius 3 is 2.58 bits per heavy atom. The zero-order valence-corrected chi connectivity index (χ0v) is 25.7. The molecule has 1 saturated heterocycles. The Morgan fingerprint density at radius 2 is 1.82 bits per heavy atom. The lowest BCUT2D eigenvalue weighted by Gasteiger charge is -2.58. The second kappa shape index (κ2) is 12.0. The van der Waals surface area contributed by atoms with Gasteiger partial charge in [0.2, 0.25) is 5.91 Å². The monoisotopic (exact) mass is 570 g/mol. The highest BCUT2D eigenvalue weighted by molar-refractivity contribution is 5.85. The van der Waals surface area contributed by atoms with E-state index in [1.807, 2.05) is 12.1 Å². The number of amides is 1. The lowest BCUT2D eigenvalue weighted by molar-refractivity contribution is -0.133. The van der Waals surface area contributed by atoms with Gasteiger partial charge in [0.1, 0.15) is 11.9 Å². The smallest absolute Gasteiger partial charge is 0.222 e. The Morgan fingerprint density at radius 1 is 1.07 bits per heavy atom. The molecular formula is C34H51ClN2O3. The van der Waals surface area contributed by atoms with Crippen molar-refractivity contribution in [2.24, 2.45) is 40.4 Å². The van der Waals surface area contributed by atoms with E-state index in [0.717, 1.165) is 74.6 Å². The van der Waals surface area contributed by atoms with Gasteiger partial charge in [0.15, 0.2) is 0 Å². The van der Waals surface area contributed by atoms with Crippen LogP contribution in [0.15, 0.2) is 36.2 Å². The van der Waals surface area contributed by atoms with Crippen molar-refractivity contribution in [2.75, 3.05) is 13.1 Å². The Bertz CT molecular complexity index is 1060. The Labute approximate surface area is 247 Å². The van der Waals surface area contributed by atoms with E-state index >= 15 is 0 Å². The molecule has 6 rings (SSSR count). The molecule has 1 aromatic rings. The highest BCUT2D eigenvalue weighted by Gasteiger charge is 2.59. The number of rotatable bonds is 6.